The molecule has 1 fully saturated rings. The minimum Gasteiger partial charge on any atom is -0.494 e. The Morgan fingerprint density at radius 2 is 1.78 bits per heavy atom. The fourth-order valence-corrected chi connectivity index (χ4v) is 6.43. The van der Waals surface area contributed by atoms with Crippen molar-refractivity contribution >= 4 is 32.3 Å². The Morgan fingerprint density at radius 3 is 2.56 bits per heavy atom. The van der Waals surface area contributed by atoms with E-state index in [-0.39, 0.29) is 0 Å². The van der Waals surface area contributed by atoms with Crippen LogP contribution in [-0.2, 0) is 16.4 Å². The fourth-order valence-electron chi connectivity index (χ4n) is 4.86. The van der Waals surface area contributed by atoms with Crippen LogP contribution in [0.4, 0.5) is 11.4 Å². The van der Waals surface area contributed by atoms with Gasteiger partial charge in [0.2, 0.25) is 10.0 Å². The second-order valence-electron chi connectivity index (χ2n) is 8.55. The Bertz CT molecular complexity index is 1270. The van der Waals surface area contributed by atoms with E-state index in [2.05, 4.69) is 17.0 Å². The summed E-state index contributed by atoms with van der Waals surface area (Å²) in [5.74, 6) is 0.830. The van der Waals surface area contributed by atoms with Crippen molar-refractivity contribution in [2.24, 2.45) is 0 Å². The Labute approximate surface area is 189 Å². The van der Waals surface area contributed by atoms with Crippen LogP contribution < -0.4 is 9.64 Å². The first-order valence-corrected chi connectivity index (χ1v) is 12.9. The highest BCUT2D eigenvalue weighted by Crippen LogP contribution is 2.39. The summed E-state index contributed by atoms with van der Waals surface area (Å²) in [6.45, 7) is 6.72. The van der Waals surface area contributed by atoms with Crippen LogP contribution in [0.1, 0.15) is 37.4 Å². The number of hydrogen-bond donors (Lipinski definition) is 0. The molecule has 32 heavy (non-hydrogen) atoms. The summed E-state index contributed by atoms with van der Waals surface area (Å²) in [6, 6.07) is 13.8. The van der Waals surface area contributed by atoms with Gasteiger partial charge < -0.3 is 9.64 Å². The van der Waals surface area contributed by atoms with E-state index in [0.29, 0.717) is 24.6 Å². The molecule has 0 unspecified atom stereocenters. The van der Waals surface area contributed by atoms with Crippen LogP contribution in [0, 0.1) is 6.92 Å². The molecular formula is C25H29N3O3S. The first kappa shape index (κ1) is 21.2. The van der Waals surface area contributed by atoms with Crippen molar-refractivity contribution in [2.75, 3.05) is 31.1 Å². The Morgan fingerprint density at radius 1 is 0.969 bits per heavy atom. The summed E-state index contributed by atoms with van der Waals surface area (Å²) in [7, 11) is -3.42. The van der Waals surface area contributed by atoms with Gasteiger partial charge in [-0.1, -0.05) is 0 Å². The van der Waals surface area contributed by atoms with Gasteiger partial charge in [0.1, 0.15) is 5.75 Å². The van der Waals surface area contributed by atoms with E-state index >= 15 is 0 Å². The number of benzene rings is 2. The molecular weight excluding hydrogens is 422 g/mol. The van der Waals surface area contributed by atoms with Gasteiger partial charge in [0.25, 0.3) is 0 Å². The molecule has 0 aliphatic carbocycles. The third-order valence-corrected chi connectivity index (χ3v) is 8.26. The molecule has 0 saturated carbocycles. The number of aromatic nitrogens is 1. The van der Waals surface area contributed by atoms with Gasteiger partial charge in [0, 0.05) is 36.4 Å². The highest BCUT2D eigenvalue weighted by molar-refractivity contribution is 7.89. The zero-order chi connectivity index (χ0) is 22.3. The maximum atomic E-state index is 13.1. The van der Waals surface area contributed by atoms with E-state index in [1.165, 1.54) is 0 Å². The smallest absolute Gasteiger partial charge is 0.243 e. The molecule has 2 aromatic carbocycles. The van der Waals surface area contributed by atoms with Crippen molar-refractivity contribution < 1.29 is 13.2 Å². The molecule has 0 N–H and O–H groups in total. The molecule has 0 spiro atoms. The second-order valence-corrected chi connectivity index (χ2v) is 10.5. The molecule has 0 radical (unpaired) electrons. The van der Waals surface area contributed by atoms with Gasteiger partial charge in [-0.05, 0) is 87.6 Å². The molecule has 3 heterocycles. The summed E-state index contributed by atoms with van der Waals surface area (Å²) < 4.78 is 33.5. The summed E-state index contributed by atoms with van der Waals surface area (Å²) in [5.41, 5.74) is 5.14. The number of aryl methyl sites for hydroxylation is 2. The monoisotopic (exact) mass is 451 g/mol. The minimum atomic E-state index is -3.42. The van der Waals surface area contributed by atoms with Crippen molar-refractivity contribution in [1.82, 2.24) is 9.29 Å². The van der Waals surface area contributed by atoms with Gasteiger partial charge in [-0.25, -0.2) is 8.42 Å². The second kappa shape index (κ2) is 8.37. The van der Waals surface area contributed by atoms with E-state index in [9.17, 15) is 8.42 Å². The lowest BCUT2D eigenvalue weighted by molar-refractivity contribution is 0.340. The highest BCUT2D eigenvalue weighted by Gasteiger charge is 2.29. The van der Waals surface area contributed by atoms with Crippen LogP contribution in [0.3, 0.4) is 0 Å². The predicted octanol–water partition coefficient (Wildman–Crippen LogP) is 4.81. The summed E-state index contributed by atoms with van der Waals surface area (Å²) in [6.07, 6.45) is 3.72. The number of rotatable bonds is 5. The van der Waals surface area contributed by atoms with Crippen LogP contribution >= 0.6 is 0 Å². The quantitative estimate of drug-likeness (QED) is 0.557. The number of nitrogens with zero attached hydrogens (tertiary/aromatic N) is 3. The van der Waals surface area contributed by atoms with Crippen LogP contribution in [0.25, 0.3) is 10.9 Å². The summed E-state index contributed by atoms with van der Waals surface area (Å²) in [4.78, 5) is 7.43. The van der Waals surface area contributed by atoms with E-state index in [0.717, 1.165) is 71.5 Å². The molecule has 0 bridgehead atoms. The molecule has 1 saturated heterocycles. The van der Waals surface area contributed by atoms with Gasteiger partial charge in [0.15, 0.2) is 0 Å². The molecule has 5 rings (SSSR count). The molecule has 2 aliphatic heterocycles. The Kier molecular flexibility index (Phi) is 5.55. The molecule has 168 valence electrons. The molecule has 2 aliphatic rings. The maximum Gasteiger partial charge on any atom is 0.243 e. The first-order valence-electron chi connectivity index (χ1n) is 11.4. The lowest BCUT2D eigenvalue weighted by atomic mass is 10.00. The van der Waals surface area contributed by atoms with E-state index < -0.39 is 10.0 Å². The third kappa shape index (κ3) is 3.73. The number of hydrogen-bond acceptors (Lipinski definition) is 5. The normalized spacial score (nSPS) is 17.0. The zero-order valence-electron chi connectivity index (χ0n) is 18.7. The Hall–Kier alpha value is -2.64. The van der Waals surface area contributed by atoms with Gasteiger partial charge in [-0.3, -0.25) is 4.98 Å². The zero-order valence-corrected chi connectivity index (χ0v) is 19.5. The van der Waals surface area contributed by atoms with Crippen LogP contribution in [0.15, 0.2) is 47.4 Å². The van der Waals surface area contributed by atoms with Gasteiger partial charge in [-0.15, -0.1) is 0 Å². The SMILES string of the molecule is CCOc1ccc2nc(C)cc(N3CCCc4cc(S(=O)(=O)N5CCCC5)ccc43)c2c1. The van der Waals surface area contributed by atoms with Crippen LogP contribution in [0.2, 0.25) is 0 Å². The molecule has 7 heteroatoms. The molecule has 1 aromatic heterocycles. The molecule has 0 atom stereocenters. The topological polar surface area (TPSA) is 62.7 Å². The van der Waals surface area contributed by atoms with Crippen molar-refractivity contribution in [3.63, 3.8) is 0 Å². The average molecular weight is 452 g/mol. The van der Waals surface area contributed by atoms with Crippen LogP contribution in [0.5, 0.6) is 5.75 Å². The van der Waals surface area contributed by atoms with Crippen molar-refractivity contribution in [2.45, 2.75) is 44.4 Å². The van der Waals surface area contributed by atoms with E-state index in [4.69, 9.17) is 9.72 Å². The third-order valence-electron chi connectivity index (χ3n) is 6.36. The molecule has 6 nitrogen and oxygen atoms in total. The lowest BCUT2D eigenvalue weighted by Crippen LogP contribution is -2.29. The first-order chi connectivity index (χ1) is 15.5. The minimum absolute atomic E-state index is 0.411. The van der Waals surface area contributed by atoms with Gasteiger partial charge in [-0.2, -0.15) is 4.31 Å². The molecule has 0 amide bonds. The Balaban J connectivity index is 1.59. The number of ether oxygens (including phenoxy) is 1. The lowest BCUT2D eigenvalue weighted by Gasteiger charge is -2.33. The maximum absolute atomic E-state index is 13.1. The van der Waals surface area contributed by atoms with Crippen molar-refractivity contribution in [1.29, 1.82) is 0 Å². The predicted molar refractivity (Wildman–Crippen MR) is 127 cm³/mol. The van der Waals surface area contributed by atoms with Crippen LogP contribution in [-0.4, -0.2) is 43.9 Å². The number of pyridine rings is 1. The average Bonchev–Trinajstić information content (AvgIpc) is 3.34. The standard InChI is InChI=1S/C25H29N3O3S/c1-3-31-20-8-10-23-22(17-20)25(15-18(2)26-23)28-14-6-7-19-16-21(9-11-24(19)28)32(29,30)27-12-4-5-13-27/h8-11,15-17H,3-7,12-14H2,1-2H3. The van der Waals surface area contributed by atoms with E-state index in [1.54, 1.807) is 10.4 Å². The van der Waals surface area contributed by atoms with Gasteiger partial charge >= 0.3 is 0 Å². The number of anilines is 2. The molecule has 3 aromatic rings. The van der Waals surface area contributed by atoms with Crippen molar-refractivity contribution in [3.05, 3.63) is 53.7 Å². The summed E-state index contributed by atoms with van der Waals surface area (Å²) in [5, 5.41) is 1.04. The number of sulfonamides is 1. The highest BCUT2D eigenvalue weighted by atomic mass is 32.2. The van der Waals surface area contributed by atoms with Crippen molar-refractivity contribution in [3.8, 4) is 5.75 Å². The fraction of sp³-hybridized carbons (Fsp3) is 0.400. The van der Waals surface area contributed by atoms with E-state index in [1.807, 2.05) is 38.1 Å². The number of fused-ring (bicyclic) bond motifs is 2. The largest absolute Gasteiger partial charge is 0.494 e. The van der Waals surface area contributed by atoms with Gasteiger partial charge in [0.05, 0.1) is 22.7 Å². The summed E-state index contributed by atoms with van der Waals surface area (Å²) >= 11 is 0.